The molecule has 1 aromatic rings. The lowest BCUT2D eigenvalue weighted by Gasteiger charge is -2.11. The molecular weight excluding hydrogens is 222 g/mol. The van der Waals surface area contributed by atoms with Crippen molar-refractivity contribution in [2.24, 2.45) is 0 Å². The van der Waals surface area contributed by atoms with Gasteiger partial charge in [-0.15, -0.1) is 0 Å². The van der Waals surface area contributed by atoms with E-state index in [-0.39, 0.29) is 0 Å². The molecule has 2 nitrogen and oxygen atoms in total. The number of benzene rings is 1. The third-order valence-corrected chi connectivity index (χ3v) is 3.05. The van der Waals surface area contributed by atoms with Crippen LogP contribution >= 0.6 is 11.6 Å². The Morgan fingerprint density at radius 2 is 2.19 bits per heavy atom. The molecule has 0 amide bonds. The standard InChI is InChI=1S/C13H20ClNO/c1-10(15-2)5-4-6-11-9-12(14)7-8-13(11)16-3/h7-10,15H,4-6H2,1-3H3. The SMILES string of the molecule is CNC(C)CCCc1cc(Cl)ccc1OC. The topological polar surface area (TPSA) is 21.3 Å². The predicted molar refractivity (Wildman–Crippen MR) is 69.5 cm³/mol. The molecule has 1 atom stereocenters. The van der Waals surface area contributed by atoms with E-state index in [9.17, 15) is 0 Å². The molecule has 0 aromatic heterocycles. The van der Waals surface area contributed by atoms with E-state index in [4.69, 9.17) is 16.3 Å². The first kappa shape index (κ1) is 13.3. The van der Waals surface area contributed by atoms with Crippen molar-refractivity contribution in [2.75, 3.05) is 14.2 Å². The molecule has 3 heteroatoms. The van der Waals surface area contributed by atoms with Crippen LogP contribution in [0.5, 0.6) is 5.75 Å². The third-order valence-electron chi connectivity index (χ3n) is 2.82. The summed E-state index contributed by atoms with van der Waals surface area (Å²) in [6, 6.07) is 6.34. The van der Waals surface area contributed by atoms with Gasteiger partial charge in [0, 0.05) is 11.1 Å². The predicted octanol–water partition coefficient (Wildman–Crippen LogP) is 3.28. The Hall–Kier alpha value is -0.730. The number of ether oxygens (including phenoxy) is 1. The van der Waals surface area contributed by atoms with E-state index in [1.165, 1.54) is 5.56 Å². The largest absolute Gasteiger partial charge is 0.496 e. The fourth-order valence-electron chi connectivity index (χ4n) is 1.69. The van der Waals surface area contributed by atoms with Gasteiger partial charge in [0.25, 0.3) is 0 Å². The maximum Gasteiger partial charge on any atom is 0.122 e. The Balaban J connectivity index is 2.55. The van der Waals surface area contributed by atoms with Crippen LogP contribution in [0.3, 0.4) is 0 Å². The number of halogens is 1. The average molecular weight is 242 g/mol. The van der Waals surface area contributed by atoms with E-state index in [1.807, 2.05) is 25.2 Å². The zero-order valence-electron chi connectivity index (χ0n) is 10.2. The van der Waals surface area contributed by atoms with Crippen LogP contribution in [0, 0.1) is 0 Å². The highest BCUT2D eigenvalue weighted by Crippen LogP contribution is 2.24. The van der Waals surface area contributed by atoms with Crippen LogP contribution in [0.1, 0.15) is 25.3 Å². The summed E-state index contributed by atoms with van der Waals surface area (Å²) < 4.78 is 5.31. The highest BCUT2D eigenvalue weighted by Gasteiger charge is 2.05. The Morgan fingerprint density at radius 1 is 1.44 bits per heavy atom. The van der Waals surface area contributed by atoms with Gasteiger partial charge in [0.15, 0.2) is 0 Å². The molecule has 0 heterocycles. The van der Waals surface area contributed by atoms with Crippen LogP contribution in [0.2, 0.25) is 5.02 Å². The zero-order valence-corrected chi connectivity index (χ0v) is 11.0. The number of nitrogens with one attached hydrogen (secondary N) is 1. The van der Waals surface area contributed by atoms with E-state index in [1.54, 1.807) is 7.11 Å². The first-order valence-corrected chi connectivity index (χ1v) is 6.05. The van der Waals surface area contributed by atoms with Gasteiger partial charge in [-0.2, -0.15) is 0 Å². The van der Waals surface area contributed by atoms with Crippen molar-refractivity contribution in [1.29, 1.82) is 0 Å². The lowest BCUT2D eigenvalue weighted by atomic mass is 10.0. The molecule has 0 saturated carbocycles. The van der Waals surface area contributed by atoms with Crippen LogP contribution in [0.25, 0.3) is 0 Å². The maximum absolute atomic E-state index is 5.97. The second kappa shape index (κ2) is 6.77. The van der Waals surface area contributed by atoms with Gasteiger partial charge in [0.05, 0.1) is 7.11 Å². The van der Waals surface area contributed by atoms with Crippen molar-refractivity contribution in [2.45, 2.75) is 32.2 Å². The first-order valence-electron chi connectivity index (χ1n) is 5.67. The number of methoxy groups -OCH3 is 1. The van der Waals surface area contributed by atoms with E-state index in [0.717, 1.165) is 30.0 Å². The fourth-order valence-corrected chi connectivity index (χ4v) is 1.88. The van der Waals surface area contributed by atoms with Gasteiger partial charge < -0.3 is 10.1 Å². The van der Waals surface area contributed by atoms with E-state index in [0.29, 0.717) is 6.04 Å². The van der Waals surface area contributed by atoms with Crippen molar-refractivity contribution in [3.63, 3.8) is 0 Å². The van der Waals surface area contributed by atoms with Crippen molar-refractivity contribution in [3.05, 3.63) is 28.8 Å². The average Bonchev–Trinajstić information content (AvgIpc) is 2.29. The van der Waals surface area contributed by atoms with Gasteiger partial charge in [-0.3, -0.25) is 0 Å². The molecular formula is C13H20ClNO. The maximum atomic E-state index is 5.97. The van der Waals surface area contributed by atoms with Crippen molar-refractivity contribution in [1.82, 2.24) is 5.32 Å². The quantitative estimate of drug-likeness (QED) is 0.825. The summed E-state index contributed by atoms with van der Waals surface area (Å²) in [4.78, 5) is 0. The molecule has 1 unspecified atom stereocenters. The van der Waals surface area contributed by atoms with Gasteiger partial charge in [-0.1, -0.05) is 11.6 Å². The molecule has 0 saturated heterocycles. The van der Waals surface area contributed by atoms with Gasteiger partial charge in [-0.05, 0) is 57.0 Å². The van der Waals surface area contributed by atoms with E-state index in [2.05, 4.69) is 12.2 Å². The molecule has 0 fully saturated rings. The summed E-state index contributed by atoms with van der Waals surface area (Å²) in [7, 11) is 3.69. The van der Waals surface area contributed by atoms with Crippen molar-refractivity contribution >= 4 is 11.6 Å². The number of rotatable bonds is 6. The summed E-state index contributed by atoms with van der Waals surface area (Å²) >= 11 is 5.97. The molecule has 1 aromatic carbocycles. The molecule has 0 aliphatic rings. The Labute approximate surface area is 103 Å². The minimum atomic E-state index is 0.560. The lowest BCUT2D eigenvalue weighted by molar-refractivity contribution is 0.408. The Kier molecular flexibility index (Phi) is 5.64. The summed E-state index contributed by atoms with van der Waals surface area (Å²) in [5.74, 6) is 0.932. The summed E-state index contributed by atoms with van der Waals surface area (Å²) in [6.45, 7) is 2.19. The molecule has 1 N–H and O–H groups in total. The van der Waals surface area contributed by atoms with Gasteiger partial charge in [0.1, 0.15) is 5.75 Å². The molecule has 16 heavy (non-hydrogen) atoms. The zero-order chi connectivity index (χ0) is 12.0. The van der Waals surface area contributed by atoms with Crippen molar-refractivity contribution < 1.29 is 4.74 Å². The molecule has 0 bridgehead atoms. The number of hydrogen-bond acceptors (Lipinski definition) is 2. The van der Waals surface area contributed by atoms with Crippen molar-refractivity contribution in [3.8, 4) is 5.75 Å². The fraction of sp³-hybridized carbons (Fsp3) is 0.538. The van der Waals surface area contributed by atoms with E-state index < -0.39 is 0 Å². The van der Waals surface area contributed by atoms with Crippen LogP contribution in [0.4, 0.5) is 0 Å². The highest BCUT2D eigenvalue weighted by atomic mass is 35.5. The second-order valence-electron chi connectivity index (χ2n) is 4.04. The molecule has 0 spiro atoms. The van der Waals surface area contributed by atoms with E-state index >= 15 is 0 Å². The van der Waals surface area contributed by atoms with Gasteiger partial charge in [0.2, 0.25) is 0 Å². The lowest BCUT2D eigenvalue weighted by Crippen LogP contribution is -2.20. The van der Waals surface area contributed by atoms with Crippen LogP contribution in [-0.4, -0.2) is 20.2 Å². The third kappa shape index (κ3) is 4.03. The second-order valence-corrected chi connectivity index (χ2v) is 4.47. The minimum absolute atomic E-state index is 0.560. The molecule has 0 radical (unpaired) electrons. The van der Waals surface area contributed by atoms with Gasteiger partial charge >= 0.3 is 0 Å². The molecule has 1 rings (SSSR count). The molecule has 90 valence electrons. The molecule has 0 aliphatic heterocycles. The number of hydrogen-bond donors (Lipinski definition) is 1. The Bertz CT molecular complexity index is 328. The summed E-state index contributed by atoms with van der Waals surface area (Å²) in [5, 5.41) is 4.01. The Morgan fingerprint density at radius 3 is 2.81 bits per heavy atom. The van der Waals surface area contributed by atoms with Crippen LogP contribution < -0.4 is 10.1 Å². The van der Waals surface area contributed by atoms with Gasteiger partial charge in [-0.25, -0.2) is 0 Å². The minimum Gasteiger partial charge on any atom is -0.496 e. The molecule has 0 aliphatic carbocycles. The monoisotopic (exact) mass is 241 g/mol. The van der Waals surface area contributed by atoms with Crippen LogP contribution in [-0.2, 0) is 6.42 Å². The van der Waals surface area contributed by atoms with Crippen LogP contribution in [0.15, 0.2) is 18.2 Å². The summed E-state index contributed by atoms with van der Waals surface area (Å²) in [5.41, 5.74) is 1.19. The normalized spacial score (nSPS) is 12.5. The summed E-state index contributed by atoms with van der Waals surface area (Å²) in [6.07, 6.45) is 3.31. The smallest absolute Gasteiger partial charge is 0.122 e. The number of aryl methyl sites for hydroxylation is 1. The first-order chi connectivity index (χ1) is 7.67. The highest BCUT2D eigenvalue weighted by molar-refractivity contribution is 6.30.